The van der Waals surface area contributed by atoms with E-state index in [2.05, 4.69) is 0 Å². The summed E-state index contributed by atoms with van der Waals surface area (Å²) >= 11 is 0. The minimum atomic E-state index is -3.24. The molecule has 0 amide bonds. The van der Waals surface area contributed by atoms with E-state index in [-0.39, 0.29) is 5.75 Å². The molecule has 1 aromatic rings. The van der Waals surface area contributed by atoms with Gasteiger partial charge in [0.15, 0.2) is 9.84 Å². The highest BCUT2D eigenvalue weighted by Crippen LogP contribution is 2.24. The first-order chi connectivity index (χ1) is 7.92. The number of benzene rings is 1. The van der Waals surface area contributed by atoms with Crippen LogP contribution in [0.5, 0.6) is 5.75 Å². The highest BCUT2D eigenvalue weighted by atomic mass is 32.2. The lowest BCUT2D eigenvalue weighted by atomic mass is 10.1. The summed E-state index contributed by atoms with van der Waals surface area (Å²) in [6.07, 6.45) is -1.01. The van der Waals surface area contributed by atoms with Gasteiger partial charge in [-0.05, 0) is 24.6 Å². The van der Waals surface area contributed by atoms with Gasteiger partial charge in [-0.15, -0.1) is 0 Å². The lowest BCUT2D eigenvalue weighted by molar-refractivity contribution is 0.176. The largest absolute Gasteiger partial charge is 0.497 e. The van der Waals surface area contributed by atoms with Crippen molar-refractivity contribution in [3.05, 3.63) is 29.8 Å². The number of sulfone groups is 1. The second-order valence-electron chi connectivity index (χ2n) is 3.87. The van der Waals surface area contributed by atoms with Crippen LogP contribution >= 0.6 is 0 Å². The van der Waals surface area contributed by atoms with Crippen LogP contribution in [0, 0.1) is 0 Å². The number of ether oxygens (including phenoxy) is 1. The summed E-state index contributed by atoms with van der Waals surface area (Å²) in [7, 11) is -1.69. The molecule has 0 fully saturated rings. The standard InChI is InChI=1S/C12H18O4S/c1-4-17(14,15)9(2)12(13)10-5-7-11(16-3)8-6-10/h5-9,12-13H,4H2,1-3H3. The van der Waals surface area contributed by atoms with E-state index in [1.165, 1.54) is 6.92 Å². The summed E-state index contributed by atoms with van der Waals surface area (Å²) in [5, 5.41) is 9.19. The summed E-state index contributed by atoms with van der Waals surface area (Å²) < 4.78 is 28.3. The quantitative estimate of drug-likeness (QED) is 0.870. The molecule has 0 saturated heterocycles. The number of rotatable bonds is 5. The van der Waals surface area contributed by atoms with Crippen molar-refractivity contribution in [3.63, 3.8) is 0 Å². The molecular weight excluding hydrogens is 240 g/mol. The Morgan fingerprint density at radius 3 is 2.24 bits per heavy atom. The fraction of sp³-hybridized carbons (Fsp3) is 0.500. The maximum absolute atomic E-state index is 11.7. The molecule has 0 bridgehead atoms. The highest BCUT2D eigenvalue weighted by molar-refractivity contribution is 7.92. The number of methoxy groups -OCH3 is 1. The maximum atomic E-state index is 11.7. The van der Waals surface area contributed by atoms with Crippen LogP contribution in [0.1, 0.15) is 25.5 Å². The van der Waals surface area contributed by atoms with Crippen LogP contribution in [0.2, 0.25) is 0 Å². The van der Waals surface area contributed by atoms with Crippen LogP contribution in [0.15, 0.2) is 24.3 Å². The van der Waals surface area contributed by atoms with E-state index >= 15 is 0 Å². The van der Waals surface area contributed by atoms with Gasteiger partial charge < -0.3 is 9.84 Å². The van der Waals surface area contributed by atoms with Crippen LogP contribution in [0.25, 0.3) is 0 Å². The molecule has 2 unspecified atom stereocenters. The predicted octanol–water partition coefficient (Wildman–Crippen LogP) is 1.55. The molecule has 0 aliphatic carbocycles. The van der Waals surface area contributed by atoms with Gasteiger partial charge in [-0.2, -0.15) is 0 Å². The van der Waals surface area contributed by atoms with Gasteiger partial charge >= 0.3 is 0 Å². The monoisotopic (exact) mass is 258 g/mol. The molecule has 17 heavy (non-hydrogen) atoms. The number of aliphatic hydroxyl groups excluding tert-OH is 1. The molecule has 2 atom stereocenters. The van der Waals surface area contributed by atoms with Crippen LogP contribution in [0.3, 0.4) is 0 Å². The zero-order chi connectivity index (χ0) is 13.1. The van der Waals surface area contributed by atoms with Crippen molar-refractivity contribution in [2.24, 2.45) is 0 Å². The van der Waals surface area contributed by atoms with Gasteiger partial charge in [-0.1, -0.05) is 19.1 Å². The van der Waals surface area contributed by atoms with Gasteiger partial charge in [-0.3, -0.25) is 0 Å². The molecule has 5 heteroatoms. The number of hydrogen-bond acceptors (Lipinski definition) is 4. The van der Waals surface area contributed by atoms with E-state index in [1.54, 1.807) is 38.3 Å². The van der Waals surface area contributed by atoms with Crippen molar-refractivity contribution >= 4 is 9.84 Å². The summed E-state index contributed by atoms with van der Waals surface area (Å²) in [6.45, 7) is 3.10. The van der Waals surface area contributed by atoms with Crippen molar-refractivity contribution in [2.75, 3.05) is 12.9 Å². The molecule has 0 spiro atoms. The van der Waals surface area contributed by atoms with E-state index in [9.17, 15) is 13.5 Å². The molecule has 0 aromatic heterocycles. The highest BCUT2D eigenvalue weighted by Gasteiger charge is 2.27. The lowest BCUT2D eigenvalue weighted by Gasteiger charge is -2.19. The van der Waals surface area contributed by atoms with Crippen LogP contribution in [-0.2, 0) is 9.84 Å². The van der Waals surface area contributed by atoms with Crippen LogP contribution in [-0.4, -0.2) is 31.6 Å². The molecule has 0 radical (unpaired) electrons. The molecular formula is C12H18O4S. The van der Waals surface area contributed by atoms with Gasteiger partial charge in [0.2, 0.25) is 0 Å². The van der Waals surface area contributed by atoms with E-state index in [4.69, 9.17) is 4.74 Å². The van der Waals surface area contributed by atoms with E-state index in [0.717, 1.165) is 0 Å². The van der Waals surface area contributed by atoms with E-state index < -0.39 is 21.2 Å². The minimum Gasteiger partial charge on any atom is -0.497 e. The zero-order valence-corrected chi connectivity index (χ0v) is 11.1. The normalized spacial score (nSPS) is 15.3. The number of aliphatic hydroxyl groups is 1. The summed E-state index contributed by atoms with van der Waals surface area (Å²) in [5.41, 5.74) is 0.579. The Kier molecular flexibility index (Phi) is 4.54. The summed E-state index contributed by atoms with van der Waals surface area (Å²) in [5.74, 6) is 0.702. The molecule has 96 valence electrons. The summed E-state index contributed by atoms with van der Waals surface area (Å²) in [6, 6.07) is 6.74. The predicted molar refractivity (Wildman–Crippen MR) is 66.9 cm³/mol. The van der Waals surface area contributed by atoms with Crippen molar-refractivity contribution < 1.29 is 18.3 Å². The second-order valence-corrected chi connectivity index (χ2v) is 6.52. The average Bonchev–Trinajstić information content (AvgIpc) is 2.37. The molecule has 0 aliphatic rings. The first kappa shape index (κ1) is 14.0. The lowest BCUT2D eigenvalue weighted by Crippen LogP contribution is -2.26. The third kappa shape index (κ3) is 3.20. The Bertz CT molecular complexity index is 450. The SMILES string of the molecule is CCS(=O)(=O)C(C)C(O)c1ccc(OC)cc1. The Morgan fingerprint density at radius 2 is 1.82 bits per heavy atom. The van der Waals surface area contributed by atoms with Crippen molar-refractivity contribution in [1.82, 2.24) is 0 Å². The molecule has 1 rings (SSSR count). The fourth-order valence-electron chi connectivity index (χ4n) is 1.53. The molecule has 1 N–H and O–H groups in total. The molecule has 0 heterocycles. The van der Waals surface area contributed by atoms with Gasteiger partial charge in [-0.25, -0.2) is 8.42 Å². The molecule has 0 saturated carbocycles. The Balaban J connectivity index is 2.92. The smallest absolute Gasteiger partial charge is 0.155 e. The van der Waals surface area contributed by atoms with Gasteiger partial charge in [0, 0.05) is 5.75 Å². The van der Waals surface area contributed by atoms with E-state index in [0.29, 0.717) is 11.3 Å². The average molecular weight is 258 g/mol. The number of hydrogen-bond donors (Lipinski definition) is 1. The molecule has 1 aromatic carbocycles. The topological polar surface area (TPSA) is 63.6 Å². The minimum absolute atomic E-state index is 0.0291. The van der Waals surface area contributed by atoms with Crippen molar-refractivity contribution in [2.45, 2.75) is 25.2 Å². The second kappa shape index (κ2) is 5.51. The Hall–Kier alpha value is -1.07. The van der Waals surface area contributed by atoms with E-state index in [1.807, 2.05) is 0 Å². The third-order valence-electron chi connectivity index (χ3n) is 2.87. The van der Waals surface area contributed by atoms with Crippen molar-refractivity contribution in [3.8, 4) is 5.75 Å². The van der Waals surface area contributed by atoms with Crippen LogP contribution in [0.4, 0.5) is 0 Å². The first-order valence-corrected chi connectivity index (χ1v) is 7.17. The van der Waals surface area contributed by atoms with Crippen molar-refractivity contribution in [1.29, 1.82) is 0 Å². The van der Waals surface area contributed by atoms with Gasteiger partial charge in [0.05, 0.1) is 18.5 Å². The first-order valence-electron chi connectivity index (χ1n) is 5.46. The molecule has 4 nitrogen and oxygen atoms in total. The van der Waals surface area contributed by atoms with Crippen LogP contribution < -0.4 is 4.74 Å². The fourth-order valence-corrected chi connectivity index (χ4v) is 2.61. The molecule has 0 aliphatic heterocycles. The Morgan fingerprint density at radius 1 is 1.29 bits per heavy atom. The van der Waals surface area contributed by atoms with Gasteiger partial charge in [0.1, 0.15) is 5.75 Å². The van der Waals surface area contributed by atoms with Gasteiger partial charge in [0.25, 0.3) is 0 Å². The summed E-state index contributed by atoms with van der Waals surface area (Å²) in [4.78, 5) is 0. The maximum Gasteiger partial charge on any atom is 0.155 e. The third-order valence-corrected chi connectivity index (χ3v) is 5.07. The zero-order valence-electron chi connectivity index (χ0n) is 10.3. The Labute approximate surface area is 102 Å².